The molecule has 0 saturated carbocycles. The van der Waals surface area contributed by atoms with Crippen molar-refractivity contribution in [1.29, 1.82) is 0 Å². The van der Waals surface area contributed by atoms with E-state index in [1.54, 1.807) is 32.2 Å². The molecule has 0 heterocycles. The van der Waals surface area contributed by atoms with Crippen molar-refractivity contribution in [3.63, 3.8) is 0 Å². The Morgan fingerprint density at radius 2 is 1.73 bits per heavy atom. The number of benzene rings is 3. The van der Waals surface area contributed by atoms with Gasteiger partial charge in [-0.2, -0.15) is 0 Å². The standard InChI is InChI=1S/C22H21ClN2O4S/c1-15-13-16(22(26)24-14-17-5-3-4-6-21(17)29-2)7-12-20(15)25-30(27,28)19-10-8-18(23)9-11-19/h3-13,25H,14H2,1-2H3,(H,24,26). The van der Waals surface area contributed by atoms with Gasteiger partial charge in [-0.1, -0.05) is 29.8 Å². The van der Waals surface area contributed by atoms with Gasteiger partial charge in [0.15, 0.2) is 0 Å². The highest BCUT2D eigenvalue weighted by atomic mass is 35.5. The second kappa shape index (κ2) is 9.19. The first-order valence-corrected chi connectivity index (χ1v) is 11.0. The smallest absolute Gasteiger partial charge is 0.261 e. The second-order valence-electron chi connectivity index (χ2n) is 6.58. The number of ether oxygens (including phenoxy) is 1. The Morgan fingerprint density at radius 1 is 1.03 bits per heavy atom. The van der Waals surface area contributed by atoms with Crippen LogP contribution in [0.3, 0.4) is 0 Å². The average molecular weight is 445 g/mol. The fraction of sp³-hybridized carbons (Fsp3) is 0.136. The SMILES string of the molecule is COc1ccccc1CNC(=O)c1ccc(NS(=O)(=O)c2ccc(Cl)cc2)c(C)c1. The zero-order chi connectivity index (χ0) is 21.7. The summed E-state index contributed by atoms with van der Waals surface area (Å²) in [6.45, 7) is 2.05. The van der Waals surface area contributed by atoms with Crippen LogP contribution in [-0.4, -0.2) is 21.4 Å². The summed E-state index contributed by atoms with van der Waals surface area (Å²) in [6, 6.07) is 18.1. The molecule has 30 heavy (non-hydrogen) atoms. The number of methoxy groups -OCH3 is 1. The average Bonchev–Trinajstić information content (AvgIpc) is 2.73. The first-order valence-electron chi connectivity index (χ1n) is 9.09. The molecule has 0 aliphatic carbocycles. The number of sulfonamides is 1. The van der Waals surface area contributed by atoms with E-state index in [-0.39, 0.29) is 10.8 Å². The summed E-state index contributed by atoms with van der Waals surface area (Å²) in [5.74, 6) is 0.428. The van der Waals surface area contributed by atoms with Crippen molar-refractivity contribution in [3.8, 4) is 5.75 Å². The summed E-state index contributed by atoms with van der Waals surface area (Å²) in [4.78, 5) is 12.6. The van der Waals surface area contributed by atoms with Gasteiger partial charge in [-0.25, -0.2) is 8.42 Å². The number of aryl methyl sites for hydroxylation is 1. The number of rotatable bonds is 7. The molecule has 6 nitrogen and oxygen atoms in total. The van der Waals surface area contributed by atoms with Crippen molar-refractivity contribution in [2.75, 3.05) is 11.8 Å². The Kier molecular flexibility index (Phi) is 6.64. The first kappa shape index (κ1) is 21.7. The highest BCUT2D eigenvalue weighted by molar-refractivity contribution is 7.92. The van der Waals surface area contributed by atoms with E-state index in [4.69, 9.17) is 16.3 Å². The molecule has 0 radical (unpaired) electrons. The van der Waals surface area contributed by atoms with Gasteiger partial charge in [0.25, 0.3) is 15.9 Å². The van der Waals surface area contributed by atoms with Gasteiger partial charge in [0.2, 0.25) is 0 Å². The van der Waals surface area contributed by atoms with E-state index in [1.165, 1.54) is 24.3 Å². The predicted molar refractivity (Wildman–Crippen MR) is 118 cm³/mol. The van der Waals surface area contributed by atoms with Crippen LogP contribution in [-0.2, 0) is 16.6 Å². The van der Waals surface area contributed by atoms with Crippen LogP contribution in [0.25, 0.3) is 0 Å². The molecule has 0 unspecified atom stereocenters. The number of anilines is 1. The number of carbonyl (C=O) groups excluding carboxylic acids is 1. The van der Waals surface area contributed by atoms with Gasteiger partial charge in [0, 0.05) is 22.7 Å². The number of nitrogens with one attached hydrogen (secondary N) is 2. The fourth-order valence-electron chi connectivity index (χ4n) is 2.86. The molecule has 0 fully saturated rings. The lowest BCUT2D eigenvalue weighted by atomic mass is 10.1. The maximum Gasteiger partial charge on any atom is 0.261 e. The van der Waals surface area contributed by atoms with Crippen molar-refractivity contribution in [2.24, 2.45) is 0 Å². The number of hydrogen-bond donors (Lipinski definition) is 2. The molecule has 0 spiro atoms. The molecule has 0 bridgehead atoms. The Labute approximate surface area is 180 Å². The topological polar surface area (TPSA) is 84.5 Å². The van der Waals surface area contributed by atoms with Crippen molar-refractivity contribution < 1.29 is 17.9 Å². The summed E-state index contributed by atoms with van der Waals surface area (Å²) >= 11 is 5.82. The van der Waals surface area contributed by atoms with Crippen LogP contribution in [0.2, 0.25) is 5.02 Å². The van der Waals surface area contributed by atoms with Gasteiger partial charge in [-0.15, -0.1) is 0 Å². The molecule has 2 N–H and O–H groups in total. The van der Waals surface area contributed by atoms with Crippen molar-refractivity contribution >= 4 is 33.2 Å². The molecule has 3 aromatic rings. The fourth-order valence-corrected chi connectivity index (χ4v) is 4.12. The molecular formula is C22H21ClN2O4S. The maximum atomic E-state index is 12.6. The van der Waals surface area contributed by atoms with Crippen LogP contribution in [0.1, 0.15) is 21.5 Å². The molecule has 0 aromatic heterocycles. The minimum Gasteiger partial charge on any atom is -0.496 e. The molecule has 156 valence electrons. The highest BCUT2D eigenvalue weighted by Gasteiger charge is 2.16. The minimum absolute atomic E-state index is 0.102. The molecule has 0 aliphatic rings. The number of amides is 1. The van der Waals surface area contributed by atoms with E-state index < -0.39 is 10.0 Å². The number of hydrogen-bond acceptors (Lipinski definition) is 4. The van der Waals surface area contributed by atoms with Crippen molar-refractivity contribution in [1.82, 2.24) is 5.32 Å². The summed E-state index contributed by atoms with van der Waals surface area (Å²) in [6.07, 6.45) is 0. The van der Waals surface area contributed by atoms with Crippen LogP contribution < -0.4 is 14.8 Å². The Bertz CT molecular complexity index is 1160. The summed E-state index contributed by atoms with van der Waals surface area (Å²) in [5.41, 5.74) is 2.30. The largest absolute Gasteiger partial charge is 0.496 e. The third kappa shape index (κ3) is 5.11. The van der Waals surface area contributed by atoms with E-state index >= 15 is 0 Å². The normalized spacial score (nSPS) is 11.0. The van der Waals surface area contributed by atoms with Gasteiger partial charge >= 0.3 is 0 Å². The van der Waals surface area contributed by atoms with Crippen LogP contribution in [0.15, 0.2) is 71.6 Å². The van der Waals surface area contributed by atoms with E-state index in [1.807, 2.05) is 24.3 Å². The zero-order valence-corrected chi connectivity index (χ0v) is 18.0. The second-order valence-corrected chi connectivity index (χ2v) is 8.70. The molecule has 8 heteroatoms. The van der Waals surface area contributed by atoms with Crippen LogP contribution in [0, 0.1) is 6.92 Å². The van der Waals surface area contributed by atoms with E-state index in [0.29, 0.717) is 34.1 Å². The molecule has 3 rings (SSSR count). The molecule has 1 amide bonds. The van der Waals surface area contributed by atoms with Gasteiger partial charge in [-0.05, 0) is 61.0 Å². The van der Waals surface area contributed by atoms with Crippen LogP contribution in [0.5, 0.6) is 5.75 Å². The number of halogens is 1. The third-order valence-electron chi connectivity index (χ3n) is 4.49. The van der Waals surface area contributed by atoms with Gasteiger partial charge < -0.3 is 10.1 Å². The van der Waals surface area contributed by atoms with E-state index in [2.05, 4.69) is 10.0 Å². The minimum atomic E-state index is -3.76. The monoisotopic (exact) mass is 444 g/mol. The van der Waals surface area contributed by atoms with Gasteiger partial charge in [0.1, 0.15) is 5.75 Å². The van der Waals surface area contributed by atoms with Crippen molar-refractivity contribution in [2.45, 2.75) is 18.4 Å². The Hall–Kier alpha value is -3.03. The highest BCUT2D eigenvalue weighted by Crippen LogP contribution is 2.22. The Balaban J connectivity index is 1.71. The molecule has 0 aliphatic heterocycles. The lowest BCUT2D eigenvalue weighted by molar-refractivity contribution is 0.0950. The van der Waals surface area contributed by atoms with Crippen LogP contribution in [0.4, 0.5) is 5.69 Å². The third-order valence-corrected chi connectivity index (χ3v) is 6.12. The van der Waals surface area contributed by atoms with E-state index in [0.717, 1.165) is 5.56 Å². The lowest BCUT2D eigenvalue weighted by Crippen LogP contribution is -2.23. The molecule has 0 atom stereocenters. The number of para-hydroxylation sites is 1. The molecule has 0 saturated heterocycles. The first-order chi connectivity index (χ1) is 14.3. The van der Waals surface area contributed by atoms with Gasteiger partial charge in [-0.3, -0.25) is 9.52 Å². The molecule has 3 aromatic carbocycles. The van der Waals surface area contributed by atoms with Gasteiger partial charge in [0.05, 0.1) is 17.7 Å². The maximum absolute atomic E-state index is 12.6. The lowest BCUT2D eigenvalue weighted by Gasteiger charge is -2.13. The van der Waals surface area contributed by atoms with E-state index in [9.17, 15) is 13.2 Å². The summed E-state index contributed by atoms with van der Waals surface area (Å²) < 4.78 is 32.9. The number of carbonyl (C=O) groups is 1. The van der Waals surface area contributed by atoms with Crippen molar-refractivity contribution in [3.05, 3.63) is 88.4 Å². The summed E-state index contributed by atoms with van der Waals surface area (Å²) in [7, 11) is -2.19. The zero-order valence-electron chi connectivity index (χ0n) is 16.5. The summed E-state index contributed by atoms with van der Waals surface area (Å²) in [5, 5.41) is 3.30. The quantitative estimate of drug-likeness (QED) is 0.566. The Morgan fingerprint density at radius 3 is 2.40 bits per heavy atom. The van der Waals surface area contributed by atoms with Crippen LogP contribution >= 0.6 is 11.6 Å². The molecular weight excluding hydrogens is 424 g/mol. The predicted octanol–water partition coefficient (Wildman–Crippen LogP) is 4.39.